The molecule has 1 N–H and O–H groups in total. The highest BCUT2D eigenvalue weighted by Crippen LogP contribution is 2.31. The fourth-order valence-corrected chi connectivity index (χ4v) is 5.02. The van der Waals surface area contributed by atoms with Crippen LogP contribution in [0.5, 0.6) is 11.5 Å². The predicted octanol–water partition coefficient (Wildman–Crippen LogP) is 3.81. The Labute approximate surface area is 228 Å². The van der Waals surface area contributed by atoms with E-state index in [1.165, 1.54) is 0 Å². The van der Waals surface area contributed by atoms with Crippen molar-refractivity contribution >= 4 is 30.7 Å². The molecule has 0 spiro atoms. The highest BCUT2D eigenvalue weighted by molar-refractivity contribution is 6.36. The van der Waals surface area contributed by atoms with Crippen LogP contribution in [0.1, 0.15) is 40.4 Å². The Hall–Kier alpha value is -4.66. The second-order valence-corrected chi connectivity index (χ2v) is 9.82. The van der Waals surface area contributed by atoms with E-state index in [-0.39, 0.29) is 11.8 Å². The summed E-state index contributed by atoms with van der Waals surface area (Å²) in [4.78, 5) is 24.6. The number of carbonyl (C=O) groups is 1. The fourth-order valence-electron chi connectivity index (χ4n) is 5.02. The van der Waals surface area contributed by atoms with Crippen molar-refractivity contribution in [2.24, 2.45) is 0 Å². The molecule has 1 amide bonds. The molecule has 0 saturated carbocycles. The van der Waals surface area contributed by atoms with Gasteiger partial charge in [0.25, 0.3) is 5.91 Å². The summed E-state index contributed by atoms with van der Waals surface area (Å²) in [6, 6.07) is 23.1. The van der Waals surface area contributed by atoms with Crippen LogP contribution in [0.25, 0.3) is 5.65 Å². The number of rotatable bonds is 7. The third-order valence-electron chi connectivity index (χ3n) is 7.15. The summed E-state index contributed by atoms with van der Waals surface area (Å²) in [5.74, 6) is 2.43. The maximum Gasteiger partial charge on any atom is 0.257 e. The SMILES string of the molecule is Bc1cnn2c(NCc3cccnc3)cc(C3CCN(C(=O)c4ccccc4Oc4ccccc4)CC3)nc12. The lowest BCUT2D eigenvalue weighted by molar-refractivity contribution is 0.0709. The van der Waals surface area contributed by atoms with E-state index in [9.17, 15) is 4.79 Å². The molecule has 1 aliphatic heterocycles. The Morgan fingerprint density at radius 3 is 2.59 bits per heavy atom. The lowest BCUT2D eigenvalue weighted by Crippen LogP contribution is -2.38. The molecular formula is C30H29BN6O2. The Morgan fingerprint density at radius 1 is 1.00 bits per heavy atom. The minimum absolute atomic E-state index is 0.00569. The number of hydrogen-bond acceptors (Lipinski definition) is 6. The van der Waals surface area contributed by atoms with Gasteiger partial charge in [-0.1, -0.05) is 36.4 Å². The van der Waals surface area contributed by atoms with Crippen molar-refractivity contribution in [2.45, 2.75) is 25.3 Å². The Balaban J connectivity index is 1.17. The summed E-state index contributed by atoms with van der Waals surface area (Å²) in [6.07, 6.45) is 7.15. The zero-order chi connectivity index (χ0) is 26.6. The van der Waals surface area contributed by atoms with Crippen LogP contribution in [0.2, 0.25) is 0 Å². The summed E-state index contributed by atoms with van der Waals surface area (Å²) in [5.41, 5.74) is 4.59. The summed E-state index contributed by atoms with van der Waals surface area (Å²) >= 11 is 0. The number of nitrogens with zero attached hydrogens (tertiary/aromatic N) is 5. The van der Waals surface area contributed by atoms with Gasteiger partial charge in [0.1, 0.15) is 25.2 Å². The van der Waals surface area contributed by atoms with E-state index < -0.39 is 0 Å². The Kier molecular flexibility index (Phi) is 6.95. The second kappa shape index (κ2) is 11.0. The average Bonchev–Trinajstić information content (AvgIpc) is 3.37. The van der Waals surface area contributed by atoms with Gasteiger partial charge in [0.2, 0.25) is 0 Å². The maximum absolute atomic E-state index is 13.5. The fraction of sp³-hybridized carbons (Fsp3) is 0.200. The third kappa shape index (κ3) is 5.34. The molecule has 6 rings (SSSR count). The van der Waals surface area contributed by atoms with E-state index in [2.05, 4.69) is 21.5 Å². The molecule has 0 aliphatic carbocycles. The average molecular weight is 516 g/mol. The van der Waals surface area contributed by atoms with Gasteiger partial charge in [-0.25, -0.2) is 4.98 Å². The van der Waals surface area contributed by atoms with Gasteiger partial charge in [-0.3, -0.25) is 9.78 Å². The number of amides is 1. The lowest BCUT2D eigenvalue weighted by Gasteiger charge is -2.32. The first-order valence-corrected chi connectivity index (χ1v) is 13.2. The Bertz CT molecular complexity index is 1580. The first-order valence-electron chi connectivity index (χ1n) is 13.2. The number of para-hydroxylation sites is 2. The standard InChI is InChI=1S/C30H29BN6O2/c31-25-20-34-37-28(33-19-21-7-6-14-32-18-21)17-26(35-29(25)37)22-12-15-36(16-13-22)30(38)24-10-4-5-11-27(24)39-23-8-2-1-3-9-23/h1-11,14,17-18,20,22,33H,12-13,15-16,19,31H2. The number of piperidine rings is 1. The summed E-state index contributed by atoms with van der Waals surface area (Å²) < 4.78 is 7.91. The second-order valence-electron chi connectivity index (χ2n) is 9.82. The van der Waals surface area contributed by atoms with Crippen LogP contribution in [0.15, 0.2) is 91.4 Å². The van der Waals surface area contributed by atoms with Crippen molar-refractivity contribution in [3.05, 3.63) is 108 Å². The summed E-state index contributed by atoms with van der Waals surface area (Å²) in [6.45, 7) is 1.96. The molecule has 5 aromatic rings. The molecule has 1 saturated heterocycles. The monoisotopic (exact) mass is 516 g/mol. The highest BCUT2D eigenvalue weighted by atomic mass is 16.5. The molecule has 8 nitrogen and oxygen atoms in total. The number of likely N-dealkylation sites (tertiary alicyclic amines) is 1. The molecule has 2 aromatic carbocycles. The molecule has 0 bridgehead atoms. The molecule has 9 heteroatoms. The van der Waals surface area contributed by atoms with Crippen molar-refractivity contribution in [3.8, 4) is 11.5 Å². The van der Waals surface area contributed by atoms with E-state index in [4.69, 9.17) is 9.72 Å². The quantitative estimate of drug-likeness (QED) is 0.332. The first-order chi connectivity index (χ1) is 19.2. The zero-order valence-corrected chi connectivity index (χ0v) is 21.8. The number of anilines is 1. The molecule has 4 heterocycles. The summed E-state index contributed by atoms with van der Waals surface area (Å²) in [5, 5.41) is 8.05. The smallest absolute Gasteiger partial charge is 0.257 e. The van der Waals surface area contributed by atoms with Crippen molar-refractivity contribution in [2.75, 3.05) is 18.4 Å². The molecule has 3 aromatic heterocycles. The molecule has 0 unspecified atom stereocenters. The van der Waals surface area contributed by atoms with Gasteiger partial charge in [-0.15, -0.1) is 0 Å². The molecule has 39 heavy (non-hydrogen) atoms. The van der Waals surface area contributed by atoms with Crippen LogP contribution in [-0.4, -0.2) is 51.3 Å². The molecule has 1 aliphatic rings. The number of pyridine rings is 1. The van der Waals surface area contributed by atoms with Crippen LogP contribution in [0.3, 0.4) is 0 Å². The van der Waals surface area contributed by atoms with Gasteiger partial charge in [-0.05, 0) is 54.2 Å². The highest BCUT2D eigenvalue weighted by Gasteiger charge is 2.28. The number of fused-ring (bicyclic) bond motifs is 1. The molecule has 1 fully saturated rings. The van der Waals surface area contributed by atoms with Crippen LogP contribution in [0.4, 0.5) is 5.82 Å². The van der Waals surface area contributed by atoms with Gasteiger partial charge in [0.05, 0.1) is 5.56 Å². The first kappa shape index (κ1) is 24.7. The number of nitrogens with one attached hydrogen (secondary N) is 1. The topological polar surface area (TPSA) is 84.7 Å². The van der Waals surface area contributed by atoms with Crippen LogP contribution in [0, 0.1) is 0 Å². The van der Waals surface area contributed by atoms with Gasteiger partial charge in [0, 0.05) is 55.9 Å². The molecule has 0 atom stereocenters. The maximum atomic E-state index is 13.5. The molecule has 0 radical (unpaired) electrons. The predicted molar refractivity (Wildman–Crippen MR) is 154 cm³/mol. The van der Waals surface area contributed by atoms with E-state index in [0.717, 1.165) is 41.0 Å². The van der Waals surface area contributed by atoms with E-state index >= 15 is 0 Å². The number of benzene rings is 2. The van der Waals surface area contributed by atoms with Crippen LogP contribution < -0.4 is 15.5 Å². The normalized spacial score (nSPS) is 13.9. The molecule has 194 valence electrons. The largest absolute Gasteiger partial charge is 0.457 e. The number of ether oxygens (including phenoxy) is 1. The van der Waals surface area contributed by atoms with Crippen molar-refractivity contribution in [1.29, 1.82) is 0 Å². The van der Waals surface area contributed by atoms with Gasteiger partial charge >= 0.3 is 0 Å². The van der Waals surface area contributed by atoms with E-state index in [1.54, 1.807) is 6.20 Å². The minimum atomic E-state index is -0.00569. The minimum Gasteiger partial charge on any atom is -0.457 e. The van der Waals surface area contributed by atoms with Crippen molar-refractivity contribution in [1.82, 2.24) is 24.5 Å². The van der Waals surface area contributed by atoms with Crippen molar-refractivity contribution in [3.63, 3.8) is 0 Å². The van der Waals surface area contributed by atoms with Gasteiger partial charge in [-0.2, -0.15) is 9.61 Å². The van der Waals surface area contributed by atoms with Gasteiger partial charge in [0.15, 0.2) is 5.65 Å². The van der Waals surface area contributed by atoms with Crippen molar-refractivity contribution < 1.29 is 9.53 Å². The molecular weight excluding hydrogens is 487 g/mol. The summed E-state index contributed by atoms with van der Waals surface area (Å²) in [7, 11) is 2.03. The van der Waals surface area contributed by atoms with Crippen LogP contribution in [-0.2, 0) is 6.54 Å². The van der Waals surface area contributed by atoms with E-state index in [1.807, 2.05) is 96.4 Å². The van der Waals surface area contributed by atoms with Crippen LogP contribution >= 0.6 is 0 Å². The zero-order valence-electron chi connectivity index (χ0n) is 21.8. The van der Waals surface area contributed by atoms with Gasteiger partial charge < -0.3 is 15.0 Å². The number of aromatic nitrogens is 4. The number of carbonyl (C=O) groups excluding carboxylic acids is 1. The third-order valence-corrected chi connectivity index (χ3v) is 7.15. The van der Waals surface area contributed by atoms with E-state index in [0.29, 0.717) is 36.7 Å². The number of hydrogen-bond donors (Lipinski definition) is 1. The lowest BCUT2D eigenvalue weighted by atomic mass is 9.92. The Morgan fingerprint density at radius 2 is 1.79 bits per heavy atom.